The highest BCUT2D eigenvalue weighted by atomic mass is 79.9. The predicted molar refractivity (Wildman–Crippen MR) is 70.7 cm³/mol. The average molecular weight is 294 g/mol. The van der Waals surface area contributed by atoms with Crippen molar-refractivity contribution in [2.24, 2.45) is 5.92 Å². The Morgan fingerprint density at radius 1 is 1.60 bits per heavy atom. The quantitative estimate of drug-likeness (QED) is 0.790. The summed E-state index contributed by atoms with van der Waals surface area (Å²) in [5, 5.41) is 4.20. The standard InChI is InChI=1S/C11H20BrNOS/c1-8(2)6-9(7-12)13-11(14)10-4-3-5-15-10/h8-10H,3-7H2,1-2H3,(H,13,14). The number of hydrogen-bond acceptors (Lipinski definition) is 2. The highest BCUT2D eigenvalue weighted by molar-refractivity contribution is 9.09. The molecule has 0 aliphatic carbocycles. The maximum atomic E-state index is 11.8. The Balaban J connectivity index is 2.33. The van der Waals surface area contributed by atoms with Crippen LogP contribution < -0.4 is 5.32 Å². The average Bonchev–Trinajstić information content (AvgIpc) is 2.68. The predicted octanol–water partition coefficient (Wildman–Crippen LogP) is 2.81. The minimum Gasteiger partial charge on any atom is -0.352 e. The molecule has 0 radical (unpaired) electrons. The van der Waals surface area contributed by atoms with Gasteiger partial charge in [0.2, 0.25) is 5.91 Å². The summed E-state index contributed by atoms with van der Waals surface area (Å²) in [7, 11) is 0. The number of thioether (sulfide) groups is 1. The fourth-order valence-corrected chi connectivity index (χ4v) is 3.40. The van der Waals surface area contributed by atoms with Gasteiger partial charge >= 0.3 is 0 Å². The van der Waals surface area contributed by atoms with Gasteiger partial charge in [0.05, 0.1) is 5.25 Å². The first-order valence-corrected chi connectivity index (χ1v) is 7.78. The summed E-state index contributed by atoms with van der Waals surface area (Å²) >= 11 is 5.25. The molecule has 0 bridgehead atoms. The second kappa shape index (κ2) is 6.79. The van der Waals surface area contributed by atoms with Crippen molar-refractivity contribution in [1.82, 2.24) is 5.32 Å². The third-order valence-corrected chi connectivity index (χ3v) is 4.67. The normalized spacial score (nSPS) is 23.1. The smallest absolute Gasteiger partial charge is 0.233 e. The van der Waals surface area contributed by atoms with Crippen LogP contribution in [0.2, 0.25) is 0 Å². The van der Waals surface area contributed by atoms with Crippen molar-refractivity contribution >= 4 is 33.6 Å². The van der Waals surface area contributed by atoms with Gasteiger partial charge in [0, 0.05) is 11.4 Å². The zero-order chi connectivity index (χ0) is 11.3. The highest BCUT2D eigenvalue weighted by Gasteiger charge is 2.25. The Bertz CT molecular complexity index is 205. The molecule has 1 fully saturated rings. The molecule has 0 aromatic rings. The fourth-order valence-electron chi connectivity index (χ4n) is 1.81. The lowest BCUT2D eigenvalue weighted by molar-refractivity contribution is -0.121. The summed E-state index contributed by atoms with van der Waals surface area (Å²) in [6.45, 7) is 4.37. The molecule has 1 rings (SSSR count). The number of carbonyl (C=O) groups is 1. The topological polar surface area (TPSA) is 29.1 Å². The largest absolute Gasteiger partial charge is 0.352 e. The van der Waals surface area contributed by atoms with E-state index in [9.17, 15) is 4.79 Å². The second-order valence-electron chi connectivity index (χ2n) is 4.49. The summed E-state index contributed by atoms with van der Waals surface area (Å²) in [5.41, 5.74) is 0. The first-order valence-electron chi connectivity index (χ1n) is 5.61. The van der Waals surface area contributed by atoms with Crippen molar-refractivity contribution in [3.63, 3.8) is 0 Å². The van der Waals surface area contributed by atoms with Crippen LogP contribution in [0, 0.1) is 5.92 Å². The molecule has 0 saturated carbocycles. The van der Waals surface area contributed by atoms with E-state index < -0.39 is 0 Å². The van der Waals surface area contributed by atoms with E-state index >= 15 is 0 Å². The van der Waals surface area contributed by atoms with Gasteiger partial charge in [-0.3, -0.25) is 4.79 Å². The molecule has 0 spiro atoms. The Labute approximate surface area is 105 Å². The first kappa shape index (κ1) is 13.4. The van der Waals surface area contributed by atoms with Gasteiger partial charge in [-0.05, 0) is 30.9 Å². The van der Waals surface area contributed by atoms with E-state index in [1.807, 2.05) is 0 Å². The van der Waals surface area contributed by atoms with Crippen molar-refractivity contribution in [2.75, 3.05) is 11.1 Å². The van der Waals surface area contributed by atoms with Crippen molar-refractivity contribution in [3.8, 4) is 0 Å². The summed E-state index contributed by atoms with van der Waals surface area (Å²) in [4.78, 5) is 11.8. The van der Waals surface area contributed by atoms with Crippen molar-refractivity contribution < 1.29 is 4.79 Å². The molecule has 2 unspecified atom stereocenters. The Morgan fingerprint density at radius 3 is 2.80 bits per heavy atom. The minimum atomic E-state index is 0.207. The number of carbonyl (C=O) groups excluding carboxylic acids is 1. The van der Waals surface area contributed by atoms with Crippen molar-refractivity contribution in [3.05, 3.63) is 0 Å². The zero-order valence-corrected chi connectivity index (χ0v) is 11.9. The van der Waals surface area contributed by atoms with Crippen molar-refractivity contribution in [1.29, 1.82) is 0 Å². The summed E-state index contributed by atoms with van der Waals surface area (Å²) < 4.78 is 0. The van der Waals surface area contributed by atoms with E-state index in [1.165, 1.54) is 6.42 Å². The molecule has 1 aliphatic rings. The van der Waals surface area contributed by atoms with E-state index in [2.05, 4.69) is 35.1 Å². The molecular formula is C11H20BrNOS. The summed E-state index contributed by atoms with van der Waals surface area (Å²) in [6, 6.07) is 0.290. The van der Waals surface area contributed by atoms with Gasteiger partial charge in [-0.2, -0.15) is 0 Å². The van der Waals surface area contributed by atoms with Crippen LogP contribution >= 0.6 is 27.7 Å². The molecule has 88 valence electrons. The van der Waals surface area contributed by atoms with Crippen LogP contribution in [0.25, 0.3) is 0 Å². The van der Waals surface area contributed by atoms with E-state index in [4.69, 9.17) is 0 Å². The molecule has 1 amide bonds. The van der Waals surface area contributed by atoms with Crippen LogP contribution in [0.5, 0.6) is 0 Å². The van der Waals surface area contributed by atoms with Crippen LogP contribution in [0.15, 0.2) is 0 Å². The SMILES string of the molecule is CC(C)CC(CBr)NC(=O)C1CCCS1. The summed E-state index contributed by atoms with van der Waals surface area (Å²) in [5.74, 6) is 2.01. The molecule has 0 aromatic heterocycles. The molecule has 15 heavy (non-hydrogen) atoms. The third-order valence-electron chi connectivity index (χ3n) is 2.51. The minimum absolute atomic E-state index is 0.207. The van der Waals surface area contributed by atoms with Gasteiger partial charge < -0.3 is 5.32 Å². The fraction of sp³-hybridized carbons (Fsp3) is 0.909. The monoisotopic (exact) mass is 293 g/mol. The molecule has 1 saturated heterocycles. The Morgan fingerprint density at radius 2 is 2.33 bits per heavy atom. The lowest BCUT2D eigenvalue weighted by atomic mass is 10.1. The van der Waals surface area contributed by atoms with Crippen LogP contribution in [0.3, 0.4) is 0 Å². The second-order valence-corrected chi connectivity index (χ2v) is 6.45. The zero-order valence-electron chi connectivity index (χ0n) is 9.46. The molecule has 1 aliphatic heterocycles. The van der Waals surface area contributed by atoms with Gasteiger partial charge in [0.15, 0.2) is 0 Å². The van der Waals surface area contributed by atoms with Gasteiger partial charge in [0.1, 0.15) is 0 Å². The molecule has 1 heterocycles. The highest BCUT2D eigenvalue weighted by Crippen LogP contribution is 2.26. The van der Waals surface area contributed by atoms with E-state index in [0.29, 0.717) is 12.0 Å². The van der Waals surface area contributed by atoms with Gasteiger partial charge in [-0.15, -0.1) is 11.8 Å². The number of alkyl halides is 1. The van der Waals surface area contributed by atoms with Gasteiger partial charge in [-0.25, -0.2) is 0 Å². The number of halogens is 1. The van der Waals surface area contributed by atoms with Crippen molar-refractivity contribution in [2.45, 2.75) is 44.4 Å². The van der Waals surface area contributed by atoms with Crippen LogP contribution in [0.1, 0.15) is 33.1 Å². The van der Waals surface area contributed by atoms with Crippen LogP contribution in [-0.2, 0) is 4.79 Å². The molecule has 4 heteroatoms. The number of nitrogens with one attached hydrogen (secondary N) is 1. The van der Waals surface area contributed by atoms with Crippen LogP contribution in [-0.4, -0.2) is 28.3 Å². The number of hydrogen-bond donors (Lipinski definition) is 1. The van der Waals surface area contributed by atoms with E-state index in [-0.39, 0.29) is 11.2 Å². The molecule has 1 N–H and O–H groups in total. The lowest BCUT2D eigenvalue weighted by Crippen LogP contribution is -2.41. The maximum Gasteiger partial charge on any atom is 0.233 e. The number of amides is 1. The van der Waals surface area contributed by atoms with Gasteiger partial charge in [-0.1, -0.05) is 29.8 Å². The molecular weight excluding hydrogens is 274 g/mol. The third kappa shape index (κ3) is 4.77. The maximum absolute atomic E-state index is 11.8. The van der Waals surface area contributed by atoms with E-state index in [1.54, 1.807) is 11.8 Å². The first-order chi connectivity index (χ1) is 7.13. The van der Waals surface area contributed by atoms with E-state index in [0.717, 1.165) is 23.9 Å². The Hall–Kier alpha value is 0.300. The molecule has 2 nitrogen and oxygen atoms in total. The van der Waals surface area contributed by atoms with Crippen LogP contribution in [0.4, 0.5) is 0 Å². The van der Waals surface area contributed by atoms with Gasteiger partial charge in [0.25, 0.3) is 0 Å². The lowest BCUT2D eigenvalue weighted by Gasteiger charge is -2.20. The summed E-state index contributed by atoms with van der Waals surface area (Å²) in [6.07, 6.45) is 3.29. The molecule has 2 atom stereocenters. The Kier molecular flexibility index (Phi) is 6.05. The number of rotatable bonds is 5. The molecule has 0 aromatic carbocycles.